The maximum Gasteiger partial charge on any atom is 0.435 e. The lowest BCUT2D eigenvalue weighted by Crippen LogP contribution is -2.23. The molecule has 3 rings (SSSR count). The number of rotatable bonds is 7. The van der Waals surface area contributed by atoms with Crippen molar-refractivity contribution in [1.82, 2.24) is 25.2 Å². The number of halogens is 3. The molecule has 2 aromatic heterocycles. The Bertz CT molecular complexity index is 1120. The second kappa shape index (κ2) is 9.34. The minimum Gasteiger partial charge on any atom is -0.271 e. The van der Waals surface area contributed by atoms with Crippen LogP contribution in [0.5, 0.6) is 0 Å². The van der Waals surface area contributed by atoms with Crippen LogP contribution in [-0.2, 0) is 17.5 Å². The molecule has 1 aromatic carbocycles. The van der Waals surface area contributed by atoms with E-state index in [1.807, 2.05) is 0 Å². The zero-order valence-corrected chi connectivity index (χ0v) is 16.2. The summed E-state index contributed by atoms with van der Waals surface area (Å²) in [6.45, 7) is -0.486. The highest BCUT2D eigenvalue weighted by molar-refractivity contribution is 7.99. The predicted molar refractivity (Wildman–Crippen MR) is 102 cm³/mol. The van der Waals surface area contributed by atoms with Gasteiger partial charge in [-0.25, -0.2) is 15.4 Å². The van der Waals surface area contributed by atoms with Gasteiger partial charge in [0.05, 0.1) is 16.0 Å². The molecule has 3 aromatic rings. The Labute approximate surface area is 176 Å². The lowest BCUT2D eigenvalue weighted by atomic mass is 10.2. The summed E-state index contributed by atoms with van der Waals surface area (Å²) < 4.78 is 38.4. The van der Waals surface area contributed by atoms with E-state index in [4.69, 9.17) is 0 Å². The number of nitrogens with zero attached hydrogens (tertiary/aromatic N) is 6. The first-order valence-electron chi connectivity index (χ1n) is 8.38. The number of aromatic nitrogens is 4. The van der Waals surface area contributed by atoms with Gasteiger partial charge in [-0.2, -0.15) is 23.4 Å². The van der Waals surface area contributed by atoms with Gasteiger partial charge in [0.2, 0.25) is 0 Å². The van der Waals surface area contributed by atoms with Crippen LogP contribution >= 0.6 is 11.8 Å². The van der Waals surface area contributed by atoms with Crippen molar-refractivity contribution in [3.8, 4) is 0 Å². The van der Waals surface area contributed by atoms with Crippen LogP contribution in [0.15, 0.2) is 64.1 Å². The van der Waals surface area contributed by atoms with Crippen molar-refractivity contribution in [2.24, 2.45) is 5.10 Å². The standard InChI is InChI=1S/C17H12F3N7O3S/c18-17(19,20)14-4-7-26(25-14)10-15(28)24-23-9-11-2-3-13(12(8-11)27(29)30)31-16-21-5-1-6-22-16/h1-9H,10H2,(H,24,28)/b23-9+. The molecule has 1 amide bonds. The summed E-state index contributed by atoms with van der Waals surface area (Å²) in [4.78, 5) is 30.9. The fourth-order valence-corrected chi connectivity index (χ4v) is 3.04. The monoisotopic (exact) mass is 451 g/mol. The molecule has 31 heavy (non-hydrogen) atoms. The van der Waals surface area contributed by atoms with Crippen molar-refractivity contribution in [3.05, 3.63) is 70.3 Å². The van der Waals surface area contributed by atoms with E-state index in [1.54, 1.807) is 6.07 Å². The second-order valence-electron chi connectivity index (χ2n) is 5.81. The van der Waals surface area contributed by atoms with E-state index in [1.165, 1.54) is 36.8 Å². The Morgan fingerprint density at radius 3 is 2.68 bits per heavy atom. The number of nitro benzene ring substituents is 1. The Morgan fingerprint density at radius 1 is 1.29 bits per heavy atom. The first-order chi connectivity index (χ1) is 14.7. The number of amides is 1. The molecule has 10 nitrogen and oxygen atoms in total. The van der Waals surface area contributed by atoms with Gasteiger partial charge in [-0.1, -0.05) is 6.07 Å². The van der Waals surface area contributed by atoms with Crippen LogP contribution in [0.4, 0.5) is 18.9 Å². The van der Waals surface area contributed by atoms with E-state index in [-0.39, 0.29) is 5.69 Å². The number of hydrogen-bond acceptors (Lipinski definition) is 8. The molecule has 1 N–H and O–H groups in total. The first kappa shape index (κ1) is 21.9. The Hall–Kier alpha value is -3.81. The maximum atomic E-state index is 12.5. The van der Waals surface area contributed by atoms with Gasteiger partial charge in [0.25, 0.3) is 11.6 Å². The number of carbonyl (C=O) groups excluding carboxylic acids is 1. The predicted octanol–water partition coefficient (Wildman–Crippen LogP) is 2.90. The third kappa shape index (κ3) is 6.08. The fraction of sp³-hybridized carbons (Fsp3) is 0.118. The smallest absolute Gasteiger partial charge is 0.271 e. The average molecular weight is 451 g/mol. The van der Waals surface area contributed by atoms with Crippen molar-refractivity contribution < 1.29 is 22.9 Å². The molecule has 0 aliphatic rings. The molecule has 0 radical (unpaired) electrons. The van der Waals surface area contributed by atoms with E-state index in [0.29, 0.717) is 15.6 Å². The molecule has 160 valence electrons. The molecule has 2 heterocycles. The summed E-state index contributed by atoms with van der Waals surface area (Å²) in [5.41, 5.74) is 1.13. The fourth-order valence-electron chi connectivity index (χ4n) is 2.24. The molecule has 14 heteroatoms. The van der Waals surface area contributed by atoms with Crippen LogP contribution in [0.25, 0.3) is 0 Å². The number of hydrogen-bond donors (Lipinski definition) is 1. The average Bonchev–Trinajstić information content (AvgIpc) is 3.18. The van der Waals surface area contributed by atoms with E-state index in [9.17, 15) is 28.1 Å². The van der Waals surface area contributed by atoms with E-state index in [2.05, 4.69) is 25.6 Å². The van der Waals surface area contributed by atoms with Gasteiger partial charge in [-0.3, -0.25) is 19.6 Å². The van der Waals surface area contributed by atoms with Gasteiger partial charge >= 0.3 is 6.18 Å². The quantitative estimate of drug-likeness (QED) is 0.253. The molecule has 0 fully saturated rings. The summed E-state index contributed by atoms with van der Waals surface area (Å²) in [6, 6.07) is 6.65. The van der Waals surface area contributed by atoms with Gasteiger partial charge in [0, 0.05) is 30.2 Å². The van der Waals surface area contributed by atoms with Crippen LogP contribution in [0.1, 0.15) is 11.3 Å². The van der Waals surface area contributed by atoms with Crippen molar-refractivity contribution in [1.29, 1.82) is 0 Å². The van der Waals surface area contributed by atoms with Crippen molar-refractivity contribution in [2.75, 3.05) is 0 Å². The molecule has 0 aliphatic heterocycles. The molecular formula is C17H12F3N7O3S. The van der Waals surface area contributed by atoms with Crippen molar-refractivity contribution >= 4 is 29.6 Å². The normalized spacial score (nSPS) is 11.6. The molecular weight excluding hydrogens is 439 g/mol. The SMILES string of the molecule is O=C(Cn1ccc(C(F)(F)F)n1)N/N=C/c1ccc(Sc2ncccn2)c([N+](=O)[O-])c1. The summed E-state index contributed by atoms with van der Waals surface area (Å²) in [6.07, 6.45) is 0.604. The van der Waals surface area contributed by atoms with Gasteiger partial charge in [-0.05, 0) is 30.0 Å². The highest BCUT2D eigenvalue weighted by Crippen LogP contribution is 2.33. The third-order valence-corrected chi connectivity index (χ3v) is 4.52. The van der Waals surface area contributed by atoms with Gasteiger partial charge in [-0.15, -0.1) is 0 Å². The topological polar surface area (TPSA) is 128 Å². The number of hydrazone groups is 1. The van der Waals surface area contributed by atoms with Crippen LogP contribution < -0.4 is 5.43 Å². The maximum absolute atomic E-state index is 12.5. The molecule has 0 unspecified atom stereocenters. The number of carbonyl (C=O) groups is 1. The van der Waals surface area contributed by atoms with Crippen LogP contribution in [0.3, 0.4) is 0 Å². The zero-order chi connectivity index (χ0) is 22.4. The first-order valence-corrected chi connectivity index (χ1v) is 9.20. The summed E-state index contributed by atoms with van der Waals surface area (Å²) >= 11 is 1.02. The highest BCUT2D eigenvalue weighted by atomic mass is 32.2. The number of nitrogens with one attached hydrogen (secondary N) is 1. The zero-order valence-electron chi connectivity index (χ0n) is 15.4. The number of alkyl halides is 3. The van der Waals surface area contributed by atoms with Gasteiger partial charge < -0.3 is 0 Å². The molecule has 0 saturated heterocycles. The van der Waals surface area contributed by atoms with Crippen molar-refractivity contribution in [2.45, 2.75) is 22.8 Å². The Morgan fingerprint density at radius 2 is 2.03 bits per heavy atom. The largest absolute Gasteiger partial charge is 0.435 e. The van der Waals surface area contributed by atoms with E-state index < -0.39 is 29.2 Å². The number of benzene rings is 1. The highest BCUT2D eigenvalue weighted by Gasteiger charge is 2.33. The van der Waals surface area contributed by atoms with Gasteiger partial charge in [0.1, 0.15) is 6.54 Å². The molecule has 0 atom stereocenters. The number of nitro groups is 1. The Kier molecular flexibility index (Phi) is 6.59. The van der Waals surface area contributed by atoms with Crippen LogP contribution in [-0.4, -0.2) is 36.8 Å². The van der Waals surface area contributed by atoms with E-state index in [0.717, 1.165) is 28.7 Å². The molecule has 0 saturated carbocycles. The molecule has 0 spiro atoms. The molecule has 0 bridgehead atoms. The summed E-state index contributed by atoms with van der Waals surface area (Å²) in [7, 11) is 0. The third-order valence-electron chi connectivity index (χ3n) is 3.56. The minimum absolute atomic E-state index is 0.205. The second-order valence-corrected chi connectivity index (χ2v) is 6.82. The van der Waals surface area contributed by atoms with Crippen molar-refractivity contribution in [3.63, 3.8) is 0 Å². The lowest BCUT2D eigenvalue weighted by Gasteiger charge is -2.03. The summed E-state index contributed by atoms with van der Waals surface area (Å²) in [5.74, 6) is -0.726. The van der Waals surface area contributed by atoms with Gasteiger partial charge in [0.15, 0.2) is 10.9 Å². The molecule has 0 aliphatic carbocycles. The minimum atomic E-state index is -4.61. The lowest BCUT2D eigenvalue weighted by molar-refractivity contribution is -0.387. The van der Waals surface area contributed by atoms with E-state index >= 15 is 0 Å². The van der Waals surface area contributed by atoms with Crippen LogP contribution in [0.2, 0.25) is 0 Å². The Balaban J connectivity index is 1.63. The summed E-state index contributed by atoms with van der Waals surface area (Å²) in [5, 5.41) is 18.6. The van der Waals surface area contributed by atoms with Crippen LogP contribution in [0, 0.1) is 10.1 Å².